The molecule has 1 N–H and O–H groups in total. The van der Waals surface area contributed by atoms with Gasteiger partial charge in [0.2, 0.25) is 0 Å². The van der Waals surface area contributed by atoms with Crippen LogP contribution in [0.3, 0.4) is 0 Å². The van der Waals surface area contributed by atoms with Crippen LogP contribution in [0.25, 0.3) is 0 Å². The molecule has 0 aliphatic heterocycles. The van der Waals surface area contributed by atoms with Crippen LogP contribution < -0.4 is 5.32 Å². The monoisotopic (exact) mass is 269 g/mol. The molecule has 0 aromatic carbocycles. The Morgan fingerprint density at radius 2 is 2.00 bits per heavy atom. The van der Waals surface area contributed by atoms with Crippen LogP contribution in [0, 0.1) is 5.92 Å². The van der Waals surface area contributed by atoms with Crippen LogP contribution in [0.1, 0.15) is 39.5 Å². The summed E-state index contributed by atoms with van der Waals surface area (Å²) in [5.41, 5.74) is 0. The third-order valence-electron chi connectivity index (χ3n) is 2.62. The van der Waals surface area contributed by atoms with Crippen molar-refractivity contribution in [1.29, 1.82) is 0 Å². The summed E-state index contributed by atoms with van der Waals surface area (Å²) in [6.07, 6.45) is -0.257. The van der Waals surface area contributed by atoms with Gasteiger partial charge >= 0.3 is 12.1 Å². The maximum atomic E-state index is 11.8. The van der Waals surface area contributed by atoms with E-state index in [2.05, 4.69) is 6.92 Å². The molecule has 0 spiro atoms. The number of unbranched alkanes of at least 4 members (excludes halogenated alkanes) is 1. The third-order valence-corrected chi connectivity index (χ3v) is 2.62. The van der Waals surface area contributed by atoms with Crippen LogP contribution in [0.4, 0.5) is 13.2 Å². The summed E-state index contributed by atoms with van der Waals surface area (Å²) in [6.45, 7) is 2.82. The Morgan fingerprint density at radius 1 is 1.33 bits per heavy atom. The Balaban J connectivity index is 3.68. The molecule has 1 atom stereocenters. The number of nitrogens with one attached hydrogen (secondary N) is 1. The van der Waals surface area contributed by atoms with Crippen LogP contribution in [-0.2, 0) is 9.53 Å². The minimum Gasteiger partial charge on any atom is -0.464 e. The highest BCUT2D eigenvalue weighted by Gasteiger charge is 2.26. The fourth-order valence-corrected chi connectivity index (χ4v) is 1.47. The highest BCUT2D eigenvalue weighted by molar-refractivity contribution is 5.71. The fraction of sp³-hybridized carbons (Fsp3) is 0.917. The summed E-state index contributed by atoms with van der Waals surface area (Å²) in [5, 5.41) is 2.01. The van der Waals surface area contributed by atoms with Gasteiger partial charge in [-0.15, -0.1) is 0 Å². The number of rotatable bonds is 9. The van der Waals surface area contributed by atoms with E-state index in [-0.39, 0.29) is 0 Å². The van der Waals surface area contributed by atoms with E-state index in [1.54, 1.807) is 0 Å². The normalized spacial score (nSPS) is 13.4. The van der Waals surface area contributed by atoms with Crippen molar-refractivity contribution in [3.05, 3.63) is 0 Å². The Morgan fingerprint density at radius 3 is 2.50 bits per heavy atom. The third kappa shape index (κ3) is 10.4. The molecule has 6 heteroatoms. The quantitative estimate of drug-likeness (QED) is 0.654. The van der Waals surface area contributed by atoms with Crippen LogP contribution in [0.15, 0.2) is 0 Å². The van der Waals surface area contributed by atoms with Gasteiger partial charge in [0.15, 0.2) is 0 Å². The van der Waals surface area contributed by atoms with Gasteiger partial charge in [-0.2, -0.15) is 13.2 Å². The molecule has 0 radical (unpaired) electrons. The van der Waals surface area contributed by atoms with Crippen LogP contribution in [-0.4, -0.2) is 31.8 Å². The van der Waals surface area contributed by atoms with E-state index in [1.165, 1.54) is 0 Å². The molecule has 0 rings (SSSR count). The predicted molar refractivity (Wildman–Crippen MR) is 63.2 cm³/mol. The van der Waals surface area contributed by atoms with E-state index < -0.39 is 25.2 Å². The highest BCUT2D eigenvalue weighted by Crippen LogP contribution is 2.13. The van der Waals surface area contributed by atoms with Crippen molar-refractivity contribution in [2.45, 2.75) is 45.7 Å². The molecular weight excluding hydrogens is 247 g/mol. The van der Waals surface area contributed by atoms with Gasteiger partial charge in [-0.05, 0) is 12.3 Å². The average molecular weight is 269 g/mol. The minimum atomic E-state index is -4.30. The molecular formula is C12H22F3NO2. The van der Waals surface area contributed by atoms with E-state index in [4.69, 9.17) is 4.74 Å². The molecule has 0 heterocycles. The van der Waals surface area contributed by atoms with Gasteiger partial charge in [-0.3, -0.25) is 10.1 Å². The average Bonchev–Trinajstić information content (AvgIpc) is 2.27. The van der Waals surface area contributed by atoms with Crippen LogP contribution >= 0.6 is 0 Å². The summed E-state index contributed by atoms with van der Waals surface area (Å²) in [4.78, 5) is 11.2. The van der Waals surface area contributed by atoms with Crippen molar-refractivity contribution in [2.24, 2.45) is 5.92 Å². The van der Waals surface area contributed by atoms with Crippen molar-refractivity contribution >= 4 is 5.97 Å². The summed E-state index contributed by atoms with van der Waals surface area (Å²) >= 11 is 0. The standard InChI is InChI=1S/C12H22F3NO2/c1-3-5-6-10(4-2)8-18-11(17)7-16-9-12(13,14)15/h10,16H,3-9H2,1-2H3. The first-order valence-electron chi connectivity index (χ1n) is 6.32. The van der Waals surface area contributed by atoms with Gasteiger partial charge in [-0.25, -0.2) is 0 Å². The second-order valence-corrected chi connectivity index (χ2v) is 4.32. The molecule has 108 valence electrons. The van der Waals surface area contributed by atoms with Crippen LogP contribution in [0.2, 0.25) is 0 Å². The molecule has 0 aromatic rings. The number of ether oxygens (including phenoxy) is 1. The summed E-state index contributed by atoms with van der Waals surface area (Å²) in [5.74, 6) is -0.328. The maximum Gasteiger partial charge on any atom is 0.401 e. The zero-order chi connectivity index (χ0) is 14.0. The first-order valence-corrected chi connectivity index (χ1v) is 6.32. The zero-order valence-electron chi connectivity index (χ0n) is 11.0. The van der Waals surface area contributed by atoms with Crippen molar-refractivity contribution in [1.82, 2.24) is 5.32 Å². The topological polar surface area (TPSA) is 38.3 Å². The van der Waals surface area contributed by atoms with E-state index in [0.717, 1.165) is 25.7 Å². The number of carbonyl (C=O) groups excluding carboxylic acids is 1. The molecule has 0 amide bonds. The molecule has 1 unspecified atom stereocenters. The van der Waals surface area contributed by atoms with Gasteiger partial charge < -0.3 is 4.74 Å². The SMILES string of the molecule is CCCCC(CC)COC(=O)CNCC(F)(F)F. The number of esters is 1. The summed E-state index contributed by atoms with van der Waals surface area (Å²) in [7, 11) is 0. The van der Waals surface area contributed by atoms with E-state index in [9.17, 15) is 18.0 Å². The maximum absolute atomic E-state index is 11.8. The van der Waals surface area contributed by atoms with Gasteiger partial charge in [-0.1, -0.05) is 33.1 Å². The van der Waals surface area contributed by atoms with Gasteiger partial charge in [0, 0.05) is 0 Å². The van der Waals surface area contributed by atoms with Crippen molar-refractivity contribution < 1.29 is 22.7 Å². The lowest BCUT2D eigenvalue weighted by molar-refractivity contribution is -0.146. The largest absolute Gasteiger partial charge is 0.464 e. The van der Waals surface area contributed by atoms with Crippen molar-refractivity contribution in [2.75, 3.05) is 19.7 Å². The lowest BCUT2D eigenvalue weighted by atomic mass is 10.0. The zero-order valence-corrected chi connectivity index (χ0v) is 11.0. The Labute approximate surface area is 106 Å². The number of halogens is 3. The van der Waals surface area contributed by atoms with Gasteiger partial charge in [0.05, 0.1) is 19.7 Å². The lowest BCUT2D eigenvalue weighted by Gasteiger charge is -2.15. The molecule has 0 saturated carbocycles. The van der Waals surface area contributed by atoms with Crippen molar-refractivity contribution in [3.63, 3.8) is 0 Å². The Kier molecular flexibility index (Phi) is 8.79. The van der Waals surface area contributed by atoms with Gasteiger partial charge in [0.25, 0.3) is 0 Å². The first-order chi connectivity index (χ1) is 8.39. The molecule has 0 aromatic heterocycles. The van der Waals surface area contributed by atoms with E-state index in [1.807, 2.05) is 12.2 Å². The first kappa shape index (κ1) is 17.2. The van der Waals surface area contributed by atoms with E-state index >= 15 is 0 Å². The summed E-state index contributed by atoms with van der Waals surface area (Å²) in [6, 6.07) is 0. The molecule has 0 saturated heterocycles. The molecule has 0 fully saturated rings. The van der Waals surface area contributed by atoms with Crippen LogP contribution in [0.5, 0.6) is 0 Å². The predicted octanol–water partition coefficient (Wildman–Crippen LogP) is 2.90. The van der Waals surface area contributed by atoms with Crippen molar-refractivity contribution in [3.8, 4) is 0 Å². The molecule has 3 nitrogen and oxygen atoms in total. The second-order valence-electron chi connectivity index (χ2n) is 4.32. The Bertz CT molecular complexity index is 232. The van der Waals surface area contributed by atoms with E-state index in [0.29, 0.717) is 12.5 Å². The molecule has 18 heavy (non-hydrogen) atoms. The molecule has 0 aliphatic rings. The number of hydrogen-bond acceptors (Lipinski definition) is 3. The highest BCUT2D eigenvalue weighted by atomic mass is 19.4. The second kappa shape index (κ2) is 9.19. The summed E-state index contributed by atoms with van der Waals surface area (Å²) < 4.78 is 40.3. The molecule has 0 aliphatic carbocycles. The Hall–Kier alpha value is -0.780. The number of carbonyl (C=O) groups is 1. The minimum absolute atomic E-state index is 0.295. The molecule has 0 bridgehead atoms. The lowest BCUT2D eigenvalue weighted by Crippen LogP contribution is -2.34. The smallest absolute Gasteiger partial charge is 0.401 e. The number of alkyl halides is 3. The van der Waals surface area contributed by atoms with Gasteiger partial charge in [0.1, 0.15) is 0 Å². The number of hydrogen-bond donors (Lipinski definition) is 1. The fourth-order valence-electron chi connectivity index (χ4n) is 1.47.